The molecule has 7 heteroatoms. The maximum Gasteiger partial charge on any atom is 0.194 e. The monoisotopic (exact) mass is 377 g/mol. The van der Waals surface area contributed by atoms with Gasteiger partial charge in [0.1, 0.15) is 5.82 Å². The normalized spacial score (nSPS) is 12.1. The summed E-state index contributed by atoms with van der Waals surface area (Å²) in [6.07, 6.45) is 1.19. The fourth-order valence-electron chi connectivity index (χ4n) is 2.42. The Morgan fingerprint density at radius 2 is 1.65 bits per heavy atom. The molecule has 140 valence electrons. The SMILES string of the molecule is CCNC(=NCc1ccc(S(C)(=O)=O)cc1)N(C)Cc1ccc(F)cc1. The first-order chi connectivity index (χ1) is 12.3. The van der Waals surface area contributed by atoms with Gasteiger partial charge in [-0.25, -0.2) is 17.8 Å². The predicted octanol–water partition coefficient (Wildman–Crippen LogP) is 2.83. The Morgan fingerprint density at radius 3 is 2.19 bits per heavy atom. The molecule has 2 aromatic carbocycles. The van der Waals surface area contributed by atoms with E-state index in [1.54, 1.807) is 36.4 Å². The molecule has 0 spiro atoms. The average Bonchev–Trinajstić information content (AvgIpc) is 2.60. The van der Waals surface area contributed by atoms with Crippen LogP contribution in [0.1, 0.15) is 18.1 Å². The number of aliphatic imine (C=N–C) groups is 1. The molecule has 0 heterocycles. The van der Waals surface area contributed by atoms with Crippen molar-refractivity contribution in [3.63, 3.8) is 0 Å². The van der Waals surface area contributed by atoms with Gasteiger partial charge in [-0.15, -0.1) is 0 Å². The van der Waals surface area contributed by atoms with E-state index in [4.69, 9.17) is 0 Å². The van der Waals surface area contributed by atoms with Crippen LogP contribution in [0.5, 0.6) is 0 Å². The Morgan fingerprint density at radius 1 is 1.08 bits per heavy atom. The van der Waals surface area contributed by atoms with Crippen molar-refractivity contribution in [2.45, 2.75) is 24.9 Å². The van der Waals surface area contributed by atoms with Gasteiger partial charge in [0.25, 0.3) is 0 Å². The molecule has 2 aromatic rings. The van der Waals surface area contributed by atoms with Crippen molar-refractivity contribution in [3.8, 4) is 0 Å². The van der Waals surface area contributed by atoms with Crippen molar-refractivity contribution in [3.05, 3.63) is 65.5 Å². The summed E-state index contributed by atoms with van der Waals surface area (Å²) in [5, 5.41) is 3.23. The smallest absolute Gasteiger partial charge is 0.194 e. The lowest BCUT2D eigenvalue weighted by molar-refractivity contribution is 0.476. The van der Waals surface area contributed by atoms with Crippen LogP contribution in [0.3, 0.4) is 0 Å². The third-order valence-electron chi connectivity index (χ3n) is 3.79. The van der Waals surface area contributed by atoms with Crippen LogP contribution in [0.25, 0.3) is 0 Å². The number of nitrogens with one attached hydrogen (secondary N) is 1. The Labute approximate surface area is 154 Å². The molecule has 0 saturated heterocycles. The molecule has 0 amide bonds. The molecular formula is C19H24FN3O2S. The van der Waals surface area contributed by atoms with E-state index in [0.29, 0.717) is 18.0 Å². The standard InChI is InChI=1S/C19H24FN3O2S/c1-4-21-19(23(2)14-16-5-9-17(20)10-6-16)22-13-15-7-11-18(12-8-15)26(3,24)25/h5-12H,4,13-14H2,1-3H3,(H,21,22). The molecule has 0 fully saturated rings. The van der Waals surface area contributed by atoms with E-state index in [9.17, 15) is 12.8 Å². The van der Waals surface area contributed by atoms with Gasteiger partial charge in [-0.2, -0.15) is 0 Å². The van der Waals surface area contributed by atoms with Gasteiger partial charge in [0.05, 0.1) is 11.4 Å². The van der Waals surface area contributed by atoms with Crippen molar-refractivity contribution in [1.29, 1.82) is 0 Å². The first-order valence-corrected chi connectivity index (χ1v) is 10.2. The fraction of sp³-hybridized carbons (Fsp3) is 0.316. The minimum absolute atomic E-state index is 0.255. The maximum absolute atomic E-state index is 13.0. The van der Waals surface area contributed by atoms with Gasteiger partial charge in [-0.3, -0.25) is 0 Å². The molecule has 0 unspecified atom stereocenters. The highest BCUT2D eigenvalue weighted by atomic mass is 32.2. The van der Waals surface area contributed by atoms with Gasteiger partial charge >= 0.3 is 0 Å². The first kappa shape index (κ1) is 19.9. The lowest BCUT2D eigenvalue weighted by Crippen LogP contribution is -2.38. The van der Waals surface area contributed by atoms with E-state index in [0.717, 1.165) is 23.6 Å². The zero-order valence-electron chi connectivity index (χ0n) is 15.2. The van der Waals surface area contributed by atoms with E-state index >= 15 is 0 Å². The summed E-state index contributed by atoms with van der Waals surface area (Å²) in [4.78, 5) is 6.85. The lowest BCUT2D eigenvalue weighted by atomic mass is 10.2. The van der Waals surface area contributed by atoms with Crippen LogP contribution in [0, 0.1) is 5.82 Å². The summed E-state index contributed by atoms with van der Waals surface area (Å²) < 4.78 is 36.1. The number of nitrogens with zero attached hydrogens (tertiary/aromatic N) is 2. The number of hydrogen-bond donors (Lipinski definition) is 1. The van der Waals surface area contributed by atoms with Crippen LogP contribution in [-0.4, -0.2) is 39.1 Å². The largest absolute Gasteiger partial charge is 0.357 e. The lowest BCUT2D eigenvalue weighted by Gasteiger charge is -2.22. The van der Waals surface area contributed by atoms with Gasteiger partial charge < -0.3 is 10.2 Å². The minimum atomic E-state index is -3.19. The van der Waals surface area contributed by atoms with E-state index in [2.05, 4.69) is 10.3 Å². The number of rotatable bonds is 6. The maximum atomic E-state index is 13.0. The number of halogens is 1. The molecule has 0 bridgehead atoms. The Kier molecular flexibility index (Phi) is 6.74. The first-order valence-electron chi connectivity index (χ1n) is 8.32. The number of guanidine groups is 1. The summed E-state index contributed by atoms with van der Waals surface area (Å²) in [5.41, 5.74) is 1.90. The predicted molar refractivity (Wildman–Crippen MR) is 102 cm³/mol. The van der Waals surface area contributed by atoms with Gasteiger partial charge in [0.15, 0.2) is 15.8 Å². The molecule has 0 aliphatic carbocycles. The molecule has 0 saturated carbocycles. The highest BCUT2D eigenvalue weighted by Crippen LogP contribution is 2.11. The third kappa shape index (κ3) is 5.84. The van der Waals surface area contributed by atoms with Crippen molar-refractivity contribution >= 4 is 15.8 Å². The van der Waals surface area contributed by atoms with E-state index in [-0.39, 0.29) is 5.82 Å². The average molecular weight is 377 g/mol. The molecule has 1 N–H and O–H groups in total. The molecular weight excluding hydrogens is 353 g/mol. The highest BCUT2D eigenvalue weighted by Gasteiger charge is 2.08. The van der Waals surface area contributed by atoms with Gasteiger partial charge in [-0.1, -0.05) is 24.3 Å². The van der Waals surface area contributed by atoms with E-state index in [1.165, 1.54) is 18.4 Å². The third-order valence-corrected chi connectivity index (χ3v) is 4.92. The Hall–Kier alpha value is -2.41. The molecule has 26 heavy (non-hydrogen) atoms. The molecule has 0 aliphatic rings. The molecule has 0 aliphatic heterocycles. The van der Waals surface area contributed by atoms with Crippen molar-refractivity contribution in [1.82, 2.24) is 10.2 Å². The zero-order valence-corrected chi connectivity index (χ0v) is 16.1. The van der Waals surface area contributed by atoms with Crippen LogP contribution in [0.15, 0.2) is 58.4 Å². The van der Waals surface area contributed by atoms with Crippen LogP contribution in [0.4, 0.5) is 4.39 Å². The minimum Gasteiger partial charge on any atom is -0.357 e. The molecule has 0 atom stereocenters. The zero-order chi connectivity index (χ0) is 19.2. The van der Waals surface area contributed by atoms with Gasteiger partial charge in [0.2, 0.25) is 0 Å². The second-order valence-electron chi connectivity index (χ2n) is 6.07. The number of sulfone groups is 1. The van der Waals surface area contributed by atoms with Crippen molar-refractivity contribution in [2.24, 2.45) is 4.99 Å². The quantitative estimate of drug-likeness (QED) is 0.621. The topological polar surface area (TPSA) is 61.8 Å². The second kappa shape index (κ2) is 8.80. The van der Waals surface area contributed by atoms with Crippen LogP contribution in [0.2, 0.25) is 0 Å². The molecule has 0 radical (unpaired) electrons. The second-order valence-corrected chi connectivity index (χ2v) is 8.08. The van der Waals surface area contributed by atoms with E-state index < -0.39 is 9.84 Å². The van der Waals surface area contributed by atoms with Crippen LogP contribution >= 0.6 is 0 Å². The van der Waals surface area contributed by atoms with Crippen molar-refractivity contribution < 1.29 is 12.8 Å². The summed E-state index contributed by atoms with van der Waals surface area (Å²) >= 11 is 0. The summed E-state index contributed by atoms with van der Waals surface area (Å²) in [6, 6.07) is 13.1. The van der Waals surface area contributed by atoms with Gasteiger partial charge in [0, 0.05) is 26.4 Å². The highest BCUT2D eigenvalue weighted by molar-refractivity contribution is 7.90. The van der Waals surface area contributed by atoms with Crippen LogP contribution in [-0.2, 0) is 22.9 Å². The summed E-state index contributed by atoms with van der Waals surface area (Å²) in [5.74, 6) is 0.471. The molecule has 0 aromatic heterocycles. The molecule has 5 nitrogen and oxygen atoms in total. The van der Waals surface area contributed by atoms with Crippen LogP contribution < -0.4 is 5.32 Å². The number of hydrogen-bond acceptors (Lipinski definition) is 3. The van der Waals surface area contributed by atoms with Gasteiger partial charge in [-0.05, 0) is 42.3 Å². The number of benzene rings is 2. The summed E-state index contributed by atoms with van der Waals surface area (Å²) in [7, 11) is -1.28. The summed E-state index contributed by atoms with van der Waals surface area (Å²) in [6.45, 7) is 3.74. The Bertz CT molecular complexity index is 847. The fourth-order valence-corrected chi connectivity index (χ4v) is 3.05. The van der Waals surface area contributed by atoms with E-state index in [1.807, 2.05) is 18.9 Å². The molecule has 2 rings (SSSR count). The van der Waals surface area contributed by atoms with Crippen molar-refractivity contribution in [2.75, 3.05) is 19.8 Å². The Balaban J connectivity index is 2.08.